The Labute approximate surface area is 130 Å². The zero-order chi connectivity index (χ0) is 15.0. The van der Waals surface area contributed by atoms with Crippen molar-refractivity contribution in [3.05, 3.63) is 34.2 Å². The van der Waals surface area contributed by atoms with Gasteiger partial charge in [-0.3, -0.25) is 9.48 Å². The number of amides is 1. The maximum atomic E-state index is 12.8. The maximum Gasteiger partial charge on any atom is 0.258 e. The Morgan fingerprint density at radius 2 is 2.33 bits per heavy atom. The van der Waals surface area contributed by atoms with E-state index >= 15 is 0 Å². The average molecular weight is 355 g/mol. The van der Waals surface area contributed by atoms with Crippen molar-refractivity contribution < 1.29 is 13.9 Å². The van der Waals surface area contributed by atoms with Crippen molar-refractivity contribution in [3.8, 4) is 0 Å². The van der Waals surface area contributed by atoms with Gasteiger partial charge in [-0.1, -0.05) is 0 Å². The molecule has 1 saturated heterocycles. The van der Waals surface area contributed by atoms with Crippen LogP contribution in [-0.2, 0) is 11.8 Å². The van der Waals surface area contributed by atoms with Crippen LogP contribution in [0, 0.1) is 6.92 Å². The maximum absolute atomic E-state index is 12.8. The van der Waals surface area contributed by atoms with E-state index in [1.165, 1.54) is 6.33 Å². The van der Waals surface area contributed by atoms with E-state index in [2.05, 4.69) is 26.0 Å². The number of hydrogen-bond donors (Lipinski definition) is 0. The number of furan rings is 1. The lowest BCUT2D eigenvalue weighted by Crippen LogP contribution is -2.44. The van der Waals surface area contributed by atoms with Gasteiger partial charge in [0, 0.05) is 19.7 Å². The topological polar surface area (TPSA) is 73.4 Å². The van der Waals surface area contributed by atoms with Crippen molar-refractivity contribution in [1.82, 2.24) is 19.7 Å². The van der Waals surface area contributed by atoms with Gasteiger partial charge in [0.05, 0.1) is 18.8 Å². The lowest BCUT2D eigenvalue weighted by atomic mass is 10.1. The van der Waals surface area contributed by atoms with E-state index < -0.39 is 0 Å². The Balaban J connectivity index is 1.93. The number of nitrogens with zero attached hydrogens (tertiary/aromatic N) is 4. The monoisotopic (exact) mass is 354 g/mol. The van der Waals surface area contributed by atoms with Crippen molar-refractivity contribution in [1.29, 1.82) is 0 Å². The van der Waals surface area contributed by atoms with E-state index in [4.69, 9.17) is 9.15 Å². The van der Waals surface area contributed by atoms with Crippen molar-refractivity contribution in [2.45, 2.75) is 13.0 Å². The quantitative estimate of drug-likeness (QED) is 0.820. The van der Waals surface area contributed by atoms with E-state index in [1.807, 2.05) is 0 Å². The van der Waals surface area contributed by atoms with Crippen LogP contribution in [-0.4, -0.2) is 45.3 Å². The zero-order valence-electron chi connectivity index (χ0n) is 11.7. The molecule has 0 radical (unpaired) electrons. The van der Waals surface area contributed by atoms with Crippen LogP contribution in [0.5, 0.6) is 0 Å². The number of hydrogen-bond acceptors (Lipinski definition) is 5. The minimum absolute atomic E-state index is 0.0850. The first kappa shape index (κ1) is 14.3. The molecule has 0 spiro atoms. The summed E-state index contributed by atoms with van der Waals surface area (Å²) in [6.45, 7) is 3.21. The van der Waals surface area contributed by atoms with Crippen LogP contribution in [0.15, 0.2) is 21.5 Å². The summed E-state index contributed by atoms with van der Waals surface area (Å²) in [5, 5.41) is 4.07. The van der Waals surface area contributed by atoms with Crippen LogP contribution in [0.2, 0.25) is 0 Å². The fraction of sp³-hybridized carbons (Fsp3) is 0.462. The van der Waals surface area contributed by atoms with E-state index in [0.717, 1.165) is 0 Å². The molecule has 0 aromatic carbocycles. The van der Waals surface area contributed by atoms with Crippen molar-refractivity contribution in [3.63, 3.8) is 0 Å². The summed E-state index contributed by atoms with van der Waals surface area (Å²) in [7, 11) is 1.80. The molecule has 0 saturated carbocycles. The summed E-state index contributed by atoms with van der Waals surface area (Å²) in [6.07, 6.45) is 1.48. The Bertz CT molecular complexity index is 666. The van der Waals surface area contributed by atoms with Crippen LogP contribution < -0.4 is 0 Å². The van der Waals surface area contributed by atoms with Crippen LogP contribution in [0.25, 0.3) is 0 Å². The number of rotatable bonds is 2. The number of halogens is 1. The van der Waals surface area contributed by atoms with Gasteiger partial charge in [-0.15, -0.1) is 0 Å². The average Bonchev–Trinajstić information content (AvgIpc) is 3.03. The van der Waals surface area contributed by atoms with E-state index in [0.29, 0.717) is 41.6 Å². The van der Waals surface area contributed by atoms with E-state index in [-0.39, 0.29) is 11.9 Å². The molecule has 2 aromatic rings. The number of carbonyl (C=O) groups excluding carboxylic acids is 1. The summed E-state index contributed by atoms with van der Waals surface area (Å²) in [5.41, 5.74) is 0.552. The van der Waals surface area contributed by atoms with Gasteiger partial charge in [0.2, 0.25) is 0 Å². The number of aromatic nitrogens is 3. The highest BCUT2D eigenvalue weighted by atomic mass is 79.9. The summed E-state index contributed by atoms with van der Waals surface area (Å²) in [6, 6.07) is 1.45. The summed E-state index contributed by atoms with van der Waals surface area (Å²) < 4.78 is 13.1. The van der Waals surface area contributed by atoms with E-state index in [1.54, 1.807) is 29.6 Å². The molecule has 0 N–H and O–H groups in total. The zero-order valence-corrected chi connectivity index (χ0v) is 13.3. The molecule has 1 atom stereocenters. The summed E-state index contributed by atoms with van der Waals surface area (Å²) in [4.78, 5) is 18.8. The standard InChI is InChI=1S/C13H15BrN4O3/c1-8-9(5-11(14)21-8)13(19)18-3-4-20-6-10(18)12-15-7-16-17(12)2/h5,7,10H,3-4,6H2,1-2H3. The third-order valence-corrected chi connectivity index (χ3v) is 3.94. The molecule has 21 heavy (non-hydrogen) atoms. The first-order valence-electron chi connectivity index (χ1n) is 6.56. The van der Waals surface area contributed by atoms with Gasteiger partial charge in [-0.2, -0.15) is 5.10 Å². The van der Waals surface area contributed by atoms with Gasteiger partial charge >= 0.3 is 0 Å². The second-order valence-corrected chi connectivity index (χ2v) is 5.63. The molecule has 3 rings (SSSR count). The van der Waals surface area contributed by atoms with Crippen molar-refractivity contribution in [2.24, 2.45) is 7.05 Å². The molecular formula is C13H15BrN4O3. The lowest BCUT2D eigenvalue weighted by Gasteiger charge is -2.34. The van der Waals surface area contributed by atoms with Gasteiger partial charge in [0.1, 0.15) is 18.1 Å². The third-order valence-electron chi connectivity index (χ3n) is 3.55. The van der Waals surface area contributed by atoms with Crippen molar-refractivity contribution in [2.75, 3.05) is 19.8 Å². The lowest BCUT2D eigenvalue weighted by molar-refractivity contribution is -0.00627. The molecule has 112 valence electrons. The number of ether oxygens (including phenoxy) is 1. The van der Waals surface area contributed by atoms with Gasteiger partial charge in [-0.25, -0.2) is 4.98 Å². The third kappa shape index (κ3) is 2.60. The highest BCUT2D eigenvalue weighted by Gasteiger charge is 2.33. The van der Waals surface area contributed by atoms with Gasteiger partial charge in [0.25, 0.3) is 5.91 Å². The highest BCUT2D eigenvalue weighted by molar-refractivity contribution is 9.10. The Morgan fingerprint density at radius 1 is 1.52 bits per heavy atom. The predicted molar refractivity (Wildman–Crippen MR) is 76.7 cm³/mol. The Morgan fingerprint density at radius 3 is 2.95 bits per heavy atom. The largest absolute Gasteiger partial charge is 0.454 e. The van der Waals surface area contributed by atoms with Crippen LogP contribution >= 0.6 is 15.9 Å². The molecule has 7 nitrogen and oxygen atoms in total. The fourth-order valence-corrected chi connectivity index (χ4v) is 2.95. The Kier molecular flexibility index (Phi) is 3.81. The van der Waals surface area contributed by atoms with Gasteiger partial charge in [-0.05, 0) is 22.9 Å². The smallest absolute Gasteiger partial charge is 0.258 e. The fourth-order valence-electron chi connectivity index (χ4n) is 2.48. The molecule has 1 aliphatic heterocycles. The second-order valence-electron chi connectivity index (χ2n) is 4.85. The summed E-state index contributed by atoms with van der Waals surface area (Å²) >= 11 is 3.25. The van der Waals surface area contributed by atoms with Crippen LogP contribution in [0.1, 0.15) is 28.0 Å². The number of morpholine rings is 1. The van der Waals surface area contributed by atoms with Crippen LogP contribution in [0.3, 0.4) is 0 Å². The Hall–Kier alpha value is -1.67. The predicted octanol–water partition coefficient (Wildman–Crippen LogP) is 1.69. The molecule has 1 amide bonds. The number of aryl methyl sites for hydroxylation is 2. The van der Waals surface area contributed by atoms with Gasteiger partial charge < -0.3 is 14.1 Å². The molecule has 1 unspecified atom stereocenters. The minimum atomic E-state index is -0.244. The normalized spacial score (nSPS) is 19.0. The second kappa shape index (κ2) is 5.61. The SMILES string of the molecule is Cc1oc(Br)cc1C(=O)N1CCOCC1c1ncnn1C. The molecule has 8 heteroatoms. The van der Waals surface area contributed by atoms with E-state index in [9.17, 15) is 4.79 Å². The molecule has 2 aromatic heterocycles. The minimum Gasteiger partial charge on any atom is -0.454 e. The molecule has 1 aliphatic rings. The first-order chi connectivity index (χ1) is 10.1. The molecule has 3 heterocycles. The number of carbonyl (C=O) groups is 1. The molecule has 0 bridgehead atoms. The van der Waals surface area contributed by atoms with Crippen molar-refractivity contribution >= 4 is 21.8 Å². The molecule has 1 fully saturated rings. The first-order valence-corrected chi connectivity index (χ1v) is 7.35. The highest BCUT2D eigenvalue weighted by Crippen LogP contribution is 2.27. The molecular weight excluding hydrogens is 340 g/mol. The van der Waals surface area contributed by atoms with Gasteiger partial charge in [0.15, 0.2) is 10.5 Å². The van der Waals surface area contributed by atoms with Crippen LogP contribution in [0.4, 0.5) is 0 Å². The molecule has 0 aliphatic carbocycles. The summed E-state index contributed by atoms with van der Waals surface area (Å²) in [5.74, 6) is 1.22.